The first kappa shape index (κ1) is 14.7. The van der Waals surface area contributed by atoms with E-state index >= 15 is 0 Å². The SMILES string of the molecule is Fc1cc(CNC2=NCCCN2)ccc1Br.I. The molecule has 2 N–H and O–H groups in total. The zero-order chi connectivity index (χ0) is 11.4. The van der Waals surface area contributed by atoms with Gasteiger partial charge in [0, 0.05) is 19.6 Å². The van der Waals surface area contributed by atoms with Crippen molar-refractivity contribution in [2.75, 3.05) is 13.1 Å². The third-order valence-electron chi connectivity index (χ3n) is 2.34. The minimum atomic E-state index is -0.238. The van der Waals surface area contributed by atoms with Gasteiger partial charge in [-0.15, -0.1) is 24.0 Å². The third kappa shape index (κ3) is 4.42. The molecule has 0 atom stereocenters. The average Bonchev–Trinajstić information content (AvgIpc) is 2.32. The van der Waals surface area contributed by atoms with Gasteiger partial charge in [0.2, 0.25) is 0 Å². The molecule has 0 spiro atoms. The van der Waals surface area contributed by atoms with E-state index in [4.69, 9.17) is 0 Å². The van der Waals surface area contributed by atoms with Crippen LogP contribution in [0.25, 0.3) is 0 Å². The number of aliphatic imine (C=N–C) groups is 1. The van der Waals surface area contributed by atoms with Crippen molar-refractivity contribution in [3.63, 3.8) is 0 Å². The first-order valence-corrected chi connectivity index (χ1v) is 6.01. The molecule has 0 saturated carbocycles. The molecule has 2 rings (SSSR count). The van der Waals surface area contributed by atoms with Crippen LogP contribution < -0.4 is 10.6 Å². The molecule has 0 saturated heterocycles. The first-order chi connectivity index (χ1) is 7.75. The number of rotatable bonds is 2. The predicted octanol–water partition coefficient (Wildman–Crippen LogP) is 2.65. The van der Waals surface area contributed by atoms with E-state index in [1.807, 2.05) is 6.07 Å². The Balaban J connectivity index is 0.00000144. The zero-order valence-corrected chi connectivity index (χ0v) is 13.1. The van der Waals surface area contributed by atoms with Crippen LogP contribution >= 0.6 is 39.9 Å². The van der Waals surface area contributed by atoms with Crippen LogP contribution in [0.15, 0.2) is 27.7 Å². The number of hydrogen-bond acceptors (Lipinski definition) is 3. The second kappa shape index (κ2) is 7.15. The van der Waals surface area contributed by atoms with Crippen LogP contribution in [-0.4, -0.2) is 19.0 Å². The molecular weight excluding hydrogens is 400 g/mol. The lowest BCUT2D eigenvalue weighted by Crippen LogP contribution is -2.40. The lowest BCUT2D eigenvalue weighted by Gasteiger charge is -2.16. The van der Waals surface area contributed by atoms with Gasteiger partial charge in [-0.25, -0.2) is 4.39 Å². The molecule has 17 heavy (non-hydrogen) atoms. The van der Waals surface area contributed by atoms with Crippen LogP contribution in [0, 0.1) is 5.82 Å². The van der Waals surface area contributed by atoms with E-state index < -0.39 is 0 Å². The van der Waals surface area contributed by atoms with Crippen LogP contribution in [0.3, 0.4) is 0 Å². The number of benzene rings is 1. The molecule has 0 fully saturated rings. The van der Waals surface area contributed by atoms with E-state index in [0.717, 1.165) is 31.0 Å². The highest BCUT2D eigenvalue weighted by molar-refractivity contribution is 14.0. The summed E-state index contributed by atoms with van der Waals surface area (Å²) in [7, 11) is 0. The monoisotopic (exact) mass is 413 g/mol. The Morgan fingerprint density at radius 1 is 1.47 bits per heavy atom. The van der Waals surface area contributed by atoms with Crippen LogP contribution in [0.1, 0.15) is 12.0 Å². The van der Waals surface area contributed by atoms with Gasteiger partial charge in [0.1, 0.15) is 5.82 Å². The van der Waals surface area contributed by atoms with Crippen molar-refractivity contribution in [3.05, 3.63) is 34.1 Å². The van der Waals surface area contributed by atoms with Gasteiger partial charge < -0.3 is 10.6 Å². The number of hydrogen-bond donors (Lipinski definition) is 2. The summed E-state index contributed by atoms with van der Waals surface area (Å²) in [5.74, 6) is 0.562. The lowest BCUT2D eigenvalue weighted by atomic mass is 10.2. The summed E-state index contributed by atoms with van der Waals surface area (Å²) in [6, 6.07) is 5.10. The smallest absolute Gasteiger partial charge is 0.191 e. The van der Waals surface area contributed by atoms with Crippen LogP contribution in [0.2, 0.25) is 0 Å². The molecule has 1 aliphatic rings. The fraction of sp³-hybridized carbons (Fsp3) is 0.364. The van der Waals surface area contributed by atoms with Gasteiger partial charge in [0.25, 0.3) is 0 Å². The fourth-order valence-corrected chi connectivity index (χ4v) is 1.73. The van der Waals surface area contributed by atoms with Crippen molar-refractivity contribution in [1.29, 1.82) is 0 Å². The summed E-state index contributed by atoms with van der Waals surface area (Å²) in [5.41, 5.74) is 0.899. The Morgan fingerprint density at radius 2 is 2.29 bits per heavy atom. The van der Waals surface area contributed by atoms with Crippen molar-refractivity contribution in [2.45, 2.75) is 13.0 Å². The summed E-state index contributed by atoms with van der Waals surface area (Å²) in [4.78, 5) is 4.28. The molecule has 0 amide bonds. The maximum absolute atomic E-state index is 13.2. The van der Waals surface area contributed by atoms with Crippen molar-refractivity contribution in [1.82, 2.24) is 10.6 Å². The molecule has 1 heterocycles. The highest BCUT2D eigenvalue weighted by Gasteiger charge is 2.04. The summed E-state index contributed by atoms with van der Waals surface area (Å²) in [5, 5.41) is 6.29. The number of nitrogens with one attached hydrogen (secondary N) is 2. The molecule has 1 aliphatic heterocycles. The quantitative estimate of drug-likeness (QED) is 0.731. The highest BCUT2D eigenvalue weighted by atomic mass is 127. The molecule has 94 valence electrons. The minimum absolute atomic E-state index is 0. The standard InChI is InChI=1S/C11H13BrFN3.HI/c12-9-3-2-8(6-10(9)13)7-16-11-14-4-1-5-15-11;/h2-3,6H,1,4-5,7H2,(H2,14,15,16);1H. The summed E-state index contributed by atoms with van der Waals surface area (Å²) in [6.07, 6.45) is 1.07. The Kier molecular flexibility index (Phi) is 6.18. The van der Waals surface area contributed by atoms with E-state index in [1.54, 1.807) is 6.07 Å². The Bertz CT molecular complexity index is 412. The summed E-state index contributed by atoms with van der Waals surface area (Å²) >= 11 is 3.13. The minimum Gasteiger partial charge on any atom is -0.356 e. The van der Waals surface area contributed by atoms with Crippen molar-refractivity contribution in [3.8, 4) is 0 Å². The van der Waals surface area contributed by atoms with Gasteiger partial charge >= 0.3 is 0 Å². The van der Waals surface area contributed by atoms with Gasteiger partial charge in [0.15, 0.2) is 5.96 Å². The highest BCUT2D eigenvalue weighted by Crippen LogP contribution is 2.16. The lowest BCUT2D eigenvalue weighted by molar-refractivity contribution is 0.617. The Labute approximate surface area is 125 Å². The number of nitrogens with zero attached hydrogens (tertiary/aromatic N) is 1. The van der Waals surface area contributed by atoms with Gasteiger partial charge in [0.05, 0.1) is 4.47 Å². The van der Waals surface area contributed by atoms with Crippen molar-refractivity contribution >= 4 is 45.9 Å². The van der Waals surface area contributed by atoms with Gasteiger partial charge in [-0.05, 0) is 40.0 Å². The Hall–Kier alpha value is -0.370. The number of guanidine groups is 1. The topological polar surface area (TPSA) is 36.4 Å². The second-order valence-electron chi connectivity index (χ2n) is 3.61. The van der Waals surface area contributed by atoms with Crippen molar-refractivity contribution in [2.24, 2.45) is 4.99 Å². The summed E-state index contributed by atoms with van der Waals surface area (Å²) < 4.78 is 13.7. The van der Waals surface area contributed by atoms with Crippen molar-refractivity contribution < 1.29 is 4.39 Å². The summed E-state index contributed by atoms with van der Waals surface area (Å²) in [6.45, 7) is 2.38. The Morgan fingerprint density at radius 3 is 2.94 bits per heavy atom. The normalized spacial score (nSPS) is 14.4. The fourth-order valence-electron chi connectivity index (χ4n) is 1.49. The second-order valence-corrected chi connectivity index (χ2v) is 4.47. The van der Waals surface area contributed by atoms with E-state index in [9.17, 15) is 4.39 Å². The molecule has 0 aromatic heterocycles. The molecule has 1 aromatic rings. The van der Waals surface area contributed by atoms with E-state index in [2.05, 4.69) is 31.6 Å². The molecule has 0 unspecified atom stereocenters. The third-order valence-corrected chi connectivity index (χ3v) is 2.98. The largest absolute Gasteiger partial charge is 0.356 e. The average molecular weight is 414 g/mol. The van der Waals surface area contributed by atoms with Crippen LogP contribution in [0.4, 0.5) is 4.39 Å². The van der Waals surface area contributed by atoms with E-state index in [0.29, 0.717) is 11.0 Å². The molecular formula is C11H14BrFIN3. The zero-order valence-electron chi connectivity index (χ0n) is 9.17. The molecule has 0 radical (unpaired) electrons. The molecule has 1 aromatic carbocycles. The maximum atomic E-state index is 13.2. The van der Waals surface area contributed by atoms with Crippen LogP contribution in [-0.2, 0) is 6.54 Å². The predicted molar refractivity (Wildman–Crippen MR) is 81.3 cm³/mol. The molecule has 0 bridgehead atoms. The molecule has 3 nitrogen and oxygen atoms in total. The van der Waals surface area contributed by atoms with Gasteiger partial charge in [-0.2, -0.15) is 0 Å². The number of halogens is 3. The van der Waals surface area contributed by atoms with Gasteiger partial charge in [-0.3, -0.25) is 4.99 Å². The van der Waals surface area contributed by atoms with E-state index in [-0.39, 0.29) is 29.8 Å². The van der Waals surface area contributed by atoms with E-state index in [1.165, 1.54) is 6.07 Å². The maximum Gasteiger partial charge on any atom is 0.191 e. The molecule has 6 heteroatoms. The van der Waals surface area contributed by atoms with Gasteiger partial charge in [-0.1, -0.05) is 6.07 Å². The molecule has 0 aliphatic carbocycles. The van der Waals surface area contributed by atoms with Crippen LogP contribution in [0.5, 0.6) is 0 Å². The first-order valence-electron chi connectivity index (χ1n) is 5.22.